The van der Waals surface area contributed by atoms with Gasteiger partial charge in [0.15, 0.2) is 0 Å². The van der Waals surface area contributed by atoms with Crippen LogP contribution in [-0.2, 0) is 13.0 Å². The molecule has 0 radical (unpaired) electrons. The Hall–Kier alpha value is -2.00. The minimum atomic E-state index is 0. The molecule has 0 atom stereocenters. The van der Waals surface area contributed by atoms with Crippen LogP contribution in [0.5, 0.6) is 5.75 Å². The van der Waals surface area contributed by atoms with Gasteiger partial charge in [-0.2, -0.15) is 0 Å². The van der Waals surface area contributed by atoms with E-state index in [4.69, 9.17) is 9.72 Å². The first-order valence-corrected chi connectivity index (χ1v) is 7.89. The third kappa shape index (κ3) is 3.85. The molecule has 0 bridgehead atoms. The van der Waals surface area contributed by atoms with Gasteiger partial charge in [0.1, 0.15) is 11.6 Å². The Kier molecular flexibility index (Phi) is 6.05. The summed E-state index contributed by atoms with van der Waals surface area (Å²) in [7, 11) is 1.69. The molecule has 0 fully saturated rings. The van der Waals surface area contributed by atoms with E-state index >= 15 is 0 Å². The predicted octanol–water partition coefficient (Wildman–Crippen LogP) is 1.44. The third-order valence-corrected chi connectivity index (χ3v) is 3.99. The SMILES string of the molecule is CCCCn1c(Cc2ccc(OC)cc2)nc2ccccc21.[Cl-]. The van der Waals surface area contributed by atoms with Gasteiger partial charge in [0.05, 0.1) is 18.1 Å². The Morgan fingerprint density at radius 1 is 1.04 bits per heavy atom. The zero-order chi connectivity index (χ0) is 15.4. The van der Waals surface area contributed by atoms with E-state index in [0.29, 0.717) is 0 Å². The molecule has 1 heterocycles. The van der Waals surface area contributed by atoms with Crippen LogP contribution < -0.4 is 17.1 Å². The van der Waals surface area contributed by atoms with Crippen LogP contribution in [0.2, 0.25) is 0 Å². The Labute approximate surface area is 143 Å². The number of fused-ring (bicyclic) bond motifs is 1. The molecule has 3 aromatic rings. The Morgan fingerprint density at radius 3 is 2.48 bits per heavy atom. The van der Waals surface area contributed by atoms with Gasteiger partial charge in [0.2, 0.25) is 0 Å². The van der Waals surface area contributed by atoms with Crippen molar-refractivity contribution in [2.75, 3.05) is 7.11 Å². The van der Waals surface area contributed by atoms with Gasteiger partial charge in [0, 0.05) is 13.0 Å². The zero-order valence-electron chi connectivity index (χ0n) is 13.6. The van der Waals surface area contributed by atoms with Crippen LogP contribution in [0.15, 0.2) is 48.5 Å². The number of ether oxygens (including phenoxy) is 1. The summed E-state index contributed by atoms with van der Waals surface area (Å²) in [6.45, 7) is 3.25. The third-order valence-electron chi connectivity index (χ3n) is 3.99. The van der Waals surface area contributed by atoms with Crippen molar-refractivity contribution in [1.82, 2.24) is 9.55 Å². The first-order valence-electron chi connectivity index (χ1n) is 7.89. The molecule has 23 heavy (non-hydrogen) atoms. The van der Waals surface area contributed by atoms with E-state index in [9.17, 15) is 0 Å². The van der Waals surface area contributed by atoms with Gasteiger partial charge in [-0.05, 0) is 36.2 Å². The number of imidazole rings is 1. The van der Waals surface area contributed by atoms with Crippen molar-refractivity contribution in [3.8, 4) is 5.75 Å². The molecule has 0 aliphatic rings. The van der Waals surface area contributed by atoms with E-state index in [1.54, 1.807) is 7.11 Å². The number of rotatable bonds is 6. The van der Waals surface area contributed by atoms with Gasteiger partial charge in [-0.25, -0.2) is 4.98 Å². The first-order chi connectivity index (χ1) is 10.8. The second-order valence-corrected chi connectivity index (χ2v) is 5.55. The summed E-state index contributed by atoms with van der Waals surface area (Å²) in [4.78, 5) is 4.84. The Bertz CT molecular complexity index is 750. The van der Waals surface area contributed by atoms with Crippen molar-refractivity contribution in [3.63, 3.8) is 0 Å². The van der Waals surface area contributed by atoms with Gasteiger partial charge in [-0.15, -0.1) is 0 Å². The molecule has 0 unspecified atom stereocenters. The molecule has 3 rings (SSSR count). The molecule has 1 aromatic heterocycles. The first kappa shape index (κ1) is 17.4. The Balaban J connectivity index is 0.00000192. The Morgan fingerprint density at radius 2 is 1.78 bits per heavy atom. The average Bonchev–Trinajstić information content (AvgIpc) is 2.91. The molecule has 0 aliphatic carbocycles. The van der Waals surface area contributed by atoms with Gasteiger partial charge < -0.3 is 21.7 Å². The summed E-state index contributed by atoms with van der Waals surface area (Å²) in [5.41, 5.74) is 3.58. The largest absolute Gasteiger partial charge is 1.00 e. The van der Waals surface area contributed by atoms with Crippen molar-refractivity contribution < 1.29 is 17.1 Å². The maximum Gasteiger partial charge on any atom is 0.118 e. The van der Waals surface area contributed by atoms with Gasteiger partial charge >= 0.3 is 0 Å². The molecule has 2 aromatic carbocycles. The normalized spacial score (nSPS) is 10.5. The second-order valence-electron chi connectivity index (χ2n) is 5.55. The minimum absolute atomic E-state index is 0. The summed E-state index contributed by atoms with van der Waals surface area (Å²) >= 11 is 0. The van der Waals surface area contributed by atoms with Crippen LogP contribution >= 0.6 is 0 Å². The summed E-state index contributed by atoms with van der Waals surface area (Å²) < 4.78 is 7.59. The van der Waals surface area contributed by atoms with Crippen LogP contribution in [0.3, 0.4) is 0 Å². The maximum absolute atomic E-state index is 5.22. The quantitative estimate of drug-likeness (QED) is 0.684. The highest BCUT2D eigenvalue weighted by atomic mass is 35.5. The fourth-order valence-corrected chi connectivity index (χ4v) is 2.75. The van der Waals surface area contributed by atoms with Crippen molar-refractivity contribution >= 4 is 11.0 Å². The van der Waals surface area contributed by atoms with Crippen LogP contribution in [0, 0.1) is 0 Å². The lowest BCUT2D eigenvalue weighted by Gasteiger charge is -2.09. The molecule has 0 spiro atoms. The van der Waals surface area contributed by atoms with E-state index in [2.05, 4.69) is 47.9 Å². The van der Waals surface area contributed by atoms with E-state index in [1.165, 1.54) is 23.9 Å². The highest BCUT2D eigenvalue weighted by Crippen LogP contribution is 2.20. The number of para-hydroxylation sites is 2. The van der Waals surface area contributed by atoms with Crippen LogP contribution in [-0.4, -0.2) is 16.7 Å². The molecule has 122 valence electrons. The summed E-state index contributed by atoms with van der Waals surface area (Å²) in [5.74, 6) is 2.03. The zero-order valence-corrected chi connectivity index (χ0v) is 14.4. The number of aromatic nitrogens is 2. The molecular formula is C19H22ClN2O-. The maximum atomic E-state index is 5.22. The number of hydrogen-bond acceptors (Lipinski definition) is 2. The van der Waals surface area contributed by atoms with Gasteiger partial charge in [0.25, 0.3) is 0 Å². The predicted molar refractivity (Wildman–Crippen MR) is 90.4 cm³/mol. The van der Waals surface area contributed by atoms with Crippen LogP contribution in [0.25, 0.3) is 11.0 Å². The summed E-state index contributed by atoms with van der Waals surface area (Å²) in [5, 5.41) is 0. The van der Waals surface area contributed by atoms with Crippen molar-refractivity contribution in [3.05, 3.63) is 59.9 Å². The average molecular weight is 330 g/mol. The molecule has 3 nitrogen and oxygen atoms in total. The monoisotopic (exact) mass is 329 g/mol. The van der Waals surface area contributed by atoms with Crippen molar-refractivity contribution in [2.45, 2.75) is 32.7 Å². The number of methoxy groups -OCH3 is 1. The number of hydrogen-bond donors (Lipinski definition) is 0. The second kappa shape index (κ2) is 8.02. The number of nitrogens with zero attached hydrogens (tertiary/aromatic N) is 2. The smallest absolute Gasteiger partial charge is 0.118 e. The summed E-state index contributed by atoms with van der Waals surface area (Å²) in [6.07, 6.45) is 3.22. The highest BCUT2D eigenvalue weighted by molar-refractivity contribution is 5.76. The van der Waals surface area contributed by atoms with Gasteiger partial charge in [-0.1, -0.05) is 37.6 Å². The topological polar surface area (TPSA) is 27.1 Å². The number of halogens is 1. The highest BCUT2D eigenvalue weighted by Gasteiger charge is 2.10. The molecule has 0 N–H and O–H groups in total. The summed E-state index contributed by atoms with van der Waals surface area (Å²) in [6, 6.07) is 16.6. The fraction of sp³-hybridized carbons (Fsp3) is 0.316. The van der Waals surface area contributed by atoms with E-state index < -0.39 is 0 Å². The van der Waals surface area contributed by atoms with Crippen molar-refractivity contribution in [1.29, 1.82) is 0 Å². The number of benzene rings is 2. The molecule has 0 saturated carbocycles. The fourth-order valence-electron chi connectivity index (χ4n) is 2.75. The molecule has 0 amide bonds. The van der Waals surface area contributed by atoms with Crippen LogP contribution in [0.4, 0.5) is 0 Å². The van der Waals surface area contributed by atoms with E-state index in [1.807, 2.05) is 12.1 Å². The lowest BCUT2D eigenvalue weighted by atomic mass is 10.1. The number of unbranched alkanes of at least 4 members (excludes halogenated alkanes) is 1. The molecular weight excluding hydrogens is 308 g/mol. The van der Waals surface area contributed by atoms with E-state index in [0.717, 1.165) is 30.1 Å². The van der Waals surface area contributed by atoms with Crippen LogP contribution in [0.1, 0.15) is 31.2 Å². The number of aryl methyl sites for hydroxylation is 1. The lowest BCUT2D eigenvalue weighted by molar-refractivity contribution is -0.00000496. The van der Waals surface area contributed by atoms with Gasteiger partial charge in [-0.3, -0.25) is 0 Å². The molecule has 0 saturated heterocycles. The van der Waals surface area contributed by atoms with E-state index in [-0.39, 0.29) is 12.4 Å². The molecule has 0 aliphatic heterocycles. The minimum Gasteiger partial charge on any atom is -1.00 e. The standard InChI is InChI=1S/C19H22N2O.ClH/c1-3-4-13-21-18-8-6-5-7-17(18)20-19(21)14-15-9-11-16(22-2)12-10-15;/h5-12H,3-4,13-14H2,1-2H3;1H/p-1. The lowest BCUT2D eigenvalue weighted by Crippen LogP contribution is -3.00. The van der Waals surface area contributed by atoms with Crippen molar-refractivity contribution in [2.24, 2.45) is 0 Å². The molecule has 4 heteroatoms.